The predicted octanol–water partition coefficient (Wildman–Crippen LogP) is 5.98. The summed E-state index contributed by atoms with van der Waals surface area (Å²) < 4.78 is 6.02. The summed E-state index contributed by atoms with van der Waals surface area (Å²) in [6.45, 7) is 11.8. The lowest BCUT2D eigenvalue weighted by molar-refractivity contribution is -0.183. The average Bonchev–Trinajstić information content (AvgIpc) is 3.53. The van der Waals surface area contributed by atoms with Crippen molar-refractivity contribution in [3.8, 4) is 16.9 Å². The Bertz CT molecular complexity index is 1830. The van der Waals surface area contributed by atoms with Crippen LogP contribution in [0.3, 0.4) is 0 Å². The van der Waals surface area contributed by atoms with Gasteiger partial charge in [0.15, 0.2) is 5.78 Å². The molecule has 0 radical (unpaired) electrons. The lowest BCUT2D eigenvalue weighted by Gasteiger charge is -2.62. The highest BCUT2D eigenvalue weighted by Crippen LogP contribution is 2.61. The van der Waals surface area contributed by atoms with Crippen molar-refractivity contribution < 1.29 is 34.2 Å². The van der Waals surface area contributed by atoms with Crippen LogP contribution in [0.2, 0.25) is 0 Å². The Morgan fingerprint density at radius 1 is 1.04 bits per heavy atom. The first-order valence-corrected chi connectivity index (χ1v) is 19.5. The zero-order valence-electron chi connectivity index (χ0n) is 32.7. The quantitative estimate of drug-likeness (QED) is 0.148. The van der Waals surface area contributed by atoms with Gasteiger partial charge in [0, 0.05) is 40.3 Å². The van der Waals surface area contributed by atoms with Crippen molar-refractivity contribution in [1.82, 2.24) is 15.7 Å². The van der Waals surface area contributed by atoms with Crippen molar-refractivity contribution in [2.24, 2.45) is 29.1 Å². The van der Waals surface area contributed by atoms with E-state index in [4.69, 9.17) is 9.57 Å². The number of benzene rings is 3. The molecule has 290 valence electrons. The second-order valence-corrected chi connectivity index (χ2v) is 16.4. The third-order valence-corrected chi connectivity index (χ3v) is 12.8. The summed E-state index contributed by atoms with van der Waals surface area (Å²) >= 11 is 0. The molecule has 3 aromatic rings. The number of Topliss-reactive ketones (excluding diaryl/α,β-unsaturated/α-hetero) is 1. The number of methoxy groups -OCH3 is 1. The largest absolute Gasteiger partial charge is 0.496 e. The number of carbonyl (C=O) groups is 3. The molecule has 1 aliphatic heterocycles. The number of fused-ring (bicyclic) bond motifs is 2. The van der Waals surface area contributed by atoms with Gasteiger partial charge in [-0.3, -0.25) is 19.2 Å². The molecule has 3 aromatic carbocycles. The highest BCUT2D eigenvalue weighted by molar-refractivity contribution is 6.02. The van der Waals surface area contributed by atoms with Crippen LogP contribution in [0.25, 0.3) is 11.1 Å². The minimum absolute atomic E-state index is 0.0164. The normalized spacial score (nSPS) is 27.0. The number of nitrogens with one attached hydrogen (secondary N) is 2. The fourth-order valence-corrected chi connectivity index (χ4v) is 9.41. The van der Waals surface area contributed by atoms with Gasteiger partial charge in [0.05, 0.1) is 26.4 Å². The molecule has 3 saturated carbocycles. The Labute approximate surface area is 319 Å². The molecule has 1 heterocycles. The third-order valence-electron chi connectivity index (χ3n) is 12.8. The van der Waals surface area contributed by atoms with Gasteiger partial charge in [-0.1, -0.05) is 76.2 Å². The molecule has 2 amide bonds. The number of amides is 2. The molecule has 54 heavy (non-hydrogen) atoms. The Kier molecular flexibility index (Phi) is 12.0. The molecule has 4 N–H and O–H groups in total. The summed E-state index contributed by atoms with van der Waals surface area (Å²) in [4.78, 5) is 47.0. The van der Waals surface area contributed by atoms with Crippen LogP contribution in [0.15, 0.2) is 66.7 Å². The number of ketones is 1. The highest BCUT2D eigenvalue weighted by atomic mass is 16.7. The monoisotopic (exact) mass is 739 g/mol. The van der Waals surface area contributed by atoms with Crippen molar-refractivity contribution in [3.63, 3.8) is 0 Å². The Morgan fingerprint density at radius 2 is 1.76 bits per heavy atom. The Morgan fingerprint density at radius 3 is 2.37 bits per heavy atom. The Hall–Kier alpha value is -4.09. The van der Waals surface area contributed by atoms with Gasteiger partial charge in [-0.25, -0.2) is 0 Å². The fraction of sp³-hybridized carbons (Fsp3) is 0.523. The molecule has 0 spiro atoms. The second-order valence-electron chi connectivity index (χ2n) is 16.4. The molecular weight excluding hydrogens is 682 g/mol. The number of carbonyl (C=O) groups excluding carboxylic acids is 3. The lowest BCUT2D eigenvalue weighted by atomic mass is 9.45. The van der Waals surface area contributed by atoms with Gasteiger partial charge in [0.1, 0.15) is 17.9 Å². The summed E-state index contributed by atoms with van der Waals surface area (Å²) in [6.07, 6.45) is 1.81. The lowest BCUT2D eigenvalue weighted by Crippen LogP contribution is -2.62. The van der Waals surface area contributed by atoms with Crippen LogP contribution < -0.4 is 15.4 Å². The molecule has 3 aliphatic carbocycles. The molecule has 0 unspecified atom stereocenters. The van der Waals surface area contributed by atoms with Gasteiger partial charge >= 0.3 is 0 Å². The average molecular weight is 740 g/mol. The van der Waals surface area contributed by atoms with Crippen molar-refractivity contribution >= 4 is 17.6 Å². The van der Waals surface area contributed by atoms with Crippen LogP contribution >= 0.6 is 0 Å². The van der Waals surface area contributed by atoms with Gasteiger partial charge in [-0.15, -0.1) is 0 Å². The maximum Gasteiger partial charge on any atom is 0.251 e. The zero-order chi connectivity index (χ0) is 38.9. The Balaban J connectivity index is 1.28. The van der Waals surface area contributed by atoms with E-state index >= 15 is 0 Å². The van der Waals surface area contributed by atoms with Crippen LogP contribution in [0.4, 0.5) is 0 Å². The number of hydroxylamine groups is 2. The van der Waals surface area contributed by atoms with E-state index in [0.717, 1.165) is 18.4 Å². The first-order valence-electron chi connectivity index (χ1n) is 19.5. The van der Waals surface area contributed by atoms with E-state index < -0.39 is 24.2 Å². The predicted molar refractivity (Wildman–Crippen MR) is 208 cm³/mol. The minimum Gasteiger partial charge on any atom is -0.496 e. The highest BCUT2D eigenvalue weighted by Gasteiger charge is 2.57. The van der Waals surface area contributed by atoms with Crippen molar-refractivity contribution in [3.05, 3.63) is 89.0 Å². The number of rotatable bonds is 14. The number of aliphatic hydroxyl groups is 2. The SMILES string of the molecule is CC[C@H](Cc1ccccc1)NC(=O)c1cc(C(C)=O)cc(-c2cccc(CN3O[C@@H](CO)[C@@H]([C@H](C)O)[C@H]3C(=O)N[C@H]3C[C@@H]4C[C@H]([C@@H]3C)C4(C)C)c2OC)c1. The van der Waals surface area contributed by atoms with E-state index in [0.29, 0.717) is 57.7 Å². The van der Waals surface area contributed by atoms with Gasteiger partial charge in [0.25, 0.3) is 5.91 Å². The minimum atomic E-state index is -0.925. The molecule has 1 saturated heterocycles. The van der Waals surface area contributed by atoms with Crippen LogP contribution in [0.5, 0.6) is 5.75 Å². The van der Waals surface area contributed by atoms with E-state index in [1.165, 1.54) is 13.3 Å². The van der Waals surface area contributed by atoms with E-state index in [-0.39, 0.29) is 48.2 Å². The van der Waals surface area contributed by atoms with Crippen molar-refractivity contribution in [2.75, 3.05) is 13.7 Å². The van der Waals surface area contributed by atoms with Gasteiger partial charge in [0.2, 0.25) is 5.91 Å². The van der Waals surface area contributed by atoms with E-state index in [1.54, 1.807) is 37.3 Å². The number of hydrogen-bond acceptors (Lipinski definition) is 8. The first-order chi connectivity index (χ1) is 25.8. The van der Waals surface area contributed by atoms with Crippen LogP contribution in [-0.2, 0) is 22.6 Å². The molecule has 4 aliphatic rings. The van der Waals surface area contributed by atoms with Crippen molar-refractivity contribution in [1.29, 1.82) is 0 Å². The number of hydrogen-bond donors (Lipinski definition) is 4. The van der Waals surface area contributed by atoms with Crippen LogP contribution in [0.1, 0.15) is 92.6 Å². The summed E-state index contributed by atoms with van der Waals surface area (Å²) in [5, 5.41) is 29.3. The molecule has 10 nitrogen and oxygen atoms in total. The maximum atomic E-state index is 14.2. The molecule has 10 heteroatoms. The summed E-state index contributed by atoms with van der Waals surface area (Å²) in [5.74, 6) is 0.550. The fourth-order valence-electron chi connectivity index (χ4n) is 9.41. The van der Waals surface area contributed by atoms with E-state index in [2.05, 4.69) is 31.4 Å². The third kappa shape index (κ3) is 7.85. The number of ether oxygens (including phenoxy) is 1. The molecule has 9 atom stereocenters. The van der Waals surface area contributed by atoms with Gasteiger partial charge in [-0.2, -0.15) is 5.06 Å². The maximum absolute atomic E-state index is 14.2. The first kappa shape index (κ1) is 39.6. The molecular formula is C44H57N3O7. The molecule has 7 rings (SSSR count). The molecule has 2 bridgehead atoms. The van der Waals surface area contributed by atoms with E-state index in [1.807, 2.05) is 55.5 Å². The topological polar surface area (TPSA) is 137 Å². The van der Waals surface area contributed by atoms with Crippen molar-refractivity contribution in [2.45, 2.75) is 104 Å². The smallest absolute Gasteiger partial charge is 0.251 e. The number of para-hydroxylation sites is 1. The second kappa shape index (κ2) is 16.3. The summed E-state index contributed by atoms with van der Waals surface area (Å²) in [5.41, 5.74) is 4.13. The molecule has 4 fully saturated rings. The van der Waals surface area contributed by atoms with Crippen LogP contribution in [-0.4, -0.2) is 76.9 Å². The standard InChI is InChI=1S/C44H57N3O7/c1-8-34(17-28-13-10-9-11-14-28)45-42(51)32-19-30(26(3)49)18-31(20-32)35-16-12-15-29(41(35)53-7)23-47-40(39(27(4)50)38(24-48)54-47)43(52)46-37-22-33-21-36(25(37)2)44(33,5)6/h9-16,18-20,25,27,33-34,36-40,48,50H,8,17,21-24H2,1-7H3,(H,45,51)(H,46,52)/t25-,27-,33-,34+,36+,37-,38-,39+,40-/m0/s1. The zero-order valence-corrected chi connectivity index (χ0v) is 32.7. The number of nitrogens with zero attached hydrogens (tertiary/aromatic N) is 1. The van der Waals surface area contributed by atoms with Gasteiger partial charge < -0.3 is 25.6 Å². The number of aliphatic hydroxyl groups excluding tert-OH is 2. The summed E-state index contributed by atoms with van der Waals surface area (Å²) in [6, 6.07) is 19.8. The van der Waals surface area contributed by atoms with Crippen LogP contribution in [0, 0.1) is 29.1 Å². The van der Waals surface area contributed by atoms with Gasteiger partial charge in [-0.05, 0) is 92.0 Å². The van der Waals surface area contributed by atoms with E-state index in [9.17, 15) is 24.6 Å². The molecule has 0 aromatic heterocycles. The summed E-state index contributed by atoms with van der Waals surface area (Å²) in [7, 11) is 1.56.